The fraction of sp³-hybridized carbons (Fsp3) is 0.211. The summed E-state index contributed by atoms with van der Waals surface area (Å²) in [7, 11) is 3.07. The van der Waals surface area contributed by atoms with Crippen molar-refractivity contribution in [2.45, 2.75) is 12.7 Å². The predicted octanol–water partition coefficient (Wildman–Crippen LogP) is 4.17. The number of benzene rings is 2. The lowest BCUT2D eigenvalue weighted by molar-refractivity contribution is -0.137. The van der Waals surface area contributed by atoms with E-state index in [0.29, 0.717) is 22.7 Å². The van der Waals surface area contributed by atoms with E-state index in [1.807, 2.05) is 0 Å². The summed E-state index contributed by atoms with van der Waals surface area (Å²) in [5, 5.41) is 10.2. The van der Waals surface area contributed by atoms with E-state index in [1.165, 1.54) is 24.2 Å². The Balaban J connectivity index is 1.65. The number of methoxy groups -OCH3 is 2. The maximum absolute atomic E-state index is 12.9. The molecule has 0 atom stereocenters. The van der Waals surface area contributed by atoms with Crippen LogP contribution in [0.15, 0.2) is 48.8 Å². The summed E-state index contributed by atoms with van der Waals surface area (Å²) in [5.74, 6) is 1.37. The van der Waals surface area contributed by atoms with Crippen LogP contribution in [0.5, 0.6) is 11.5 Å². The third kappa shape index (κ3) is 5.38. The van der Waals surface area contributed by atoms with Gasteiger partial charge >= 0.3 is 6.18 Å². The zero-order valence-electron chi connectivity index (χ0n) is 16.0. The van der Waals surface area contributed by atoms with E-state index >= 15 is 0 Å². The molecule has 0 amide bonds. The zero-order valence-corrected chi connectivity index (χ0v) is 16.8. The molecule has 0 spiro atoms. The van der Waals surface area contributed by atoms with Crippen LogP contribution in [0.2, 0.25) is 0 Å². The number of hydrogen-bond donors (Lipinski definition) is 2. The van der Waals surface area contributed by atoms with E-state index in [9.17, 15) is 13.2 Å². The van der Waals surface area contributed by atoms with Crippen LogP contribution < -0.4 is 20.1 Å². The summed E-state index contributed by atoms with van der Waals surface area (Å²) in [6.45, 7) is 0.127. The SMILES string of the molecule is COc1ccc(OC)c(NC(=S)Nc2ncn(Cc3cccc(C(F)(F)F)c3)n2)c1. The molecule has 0 fully saturated rings. The first-order valence-electron chi connectivity index (χ1n) is 8.64. The van der Waals surface area contributed by atoms with E-state index in [-0.39, 0.29) is 17.6 Å². The minimum atomic E-state index is -4.40. The molecule has 2 N–H and O–H groups in total. The standard InChI is InChI=1S/C19H18F3N5O2S/c1-28-14-6-7-16(29-2)15(9-14)24-18(30)25-17-23-11-27(26-17)10-12-4-3-5-13(8-12)19(20,21)22/h3-9,11H,10H2,1-2H3,(H2,24,25,26,30). The Morgan fingerprint density at radius 1 is 1.10 bits per heavy atom. The lowest BCUT2D eigenvalue weighted by Crippen LogP contribution is -2.20. The number of anilines is 2. The summed E-state index contributed by atoms with van der Waals surface area (Å²) in [6, 6.07) is 10.2. The van der Waals surface area contributed by atoms with Crippen LogP contribution in [0.25, 0.3) is 0 Å². The van der Waals surface area contributed by atoms with Crippen LogP contribution in [-0.4, -0.2) is 34.1 Å². The van der Waals surface area contributed by atoms with Gasteiger partial charge in [0.2, 0.25) is 5.95 Å². The second-order valence-corrected chi connectivity index (χ2v) is 6.52. The number of halogens is 3. The minimum Gasteiger partial charge on any atom is -0.497 e. The Hall–Kier alpha value is -3.34. The van der Waals surface area contributed by atoms with Gasteiger partial charge in [0.25, 0.3) is 0 Å². The lowest BCUT2D eigenvalue weighted by Gasteiger charge is -2.13. The normalized spacial score (nSPS) is 11.1. The number of ether oxygens (including phenoxy) is 2. The quantitative estimate of drug-likeness (QED) is 0.561. The van der Waals surface area contributed by atoms with Crippen LogP contribution >= 0.6 is 12.2 Å². The number of thiocarbonyl (C=S) groups is 1. The highest BCUT2D eigenvalue weighted by Crippen LogP contribution is 2.30. The van der Waals surface area contributed by atoms with E-state index in [4.69, 9.17) is 21.7 Å². The first kappa shape index (κ1) is 21.4. The molecule has 0 aliphatic carbocycles. The van der Waals surface area contributed by atoms with Crippen molar-refractivity contribution in [3.8, 4) is 11.5 Å². The Labute approximate surface area is 175 Å². The maximum atomic E-state index is 12.9. The molecule has 2 aromatic carbocycles. The van der Waals surface area contributed by atoms with Gasteiger partial charge in [0.15, 0.2) is 5.11 Å². The van der Waals surface area contributed by atoms with Crippen LogP contribution in [0.4, 0.5) is 24.8 Å². The summed E-state index contributed by atoms with van der Waals surface area (Å²) >= 11 is 5.27. The summed E-state index contributed by atoms with van der Waals surface area (Å²) in [6.07, 6.45) is -3.00. The maximum Gasteiger partial charge on any atom is 0.416 e. The smallest absolute Gasteiger partial charge is 0.416 e. The van der Waals surface area contributed by atoms with E-state index in [2.05, 4.69) is 20.7 Å². The lowest BCUT2D eigenvalue weighted by atomic mass is 10.1. The number of alkyl halides is 3. The van der Waals surface area contributed by atoms with Crippen LogP contribution in [0, 0.1) is 0 Å². The summed E-state index contributed by atoms with van der Waals surface area (Å²) in [5.41, 5.74) is 0.317. The van der Waals surface area contributed by atoms with Gasteiger partial charge in [0, 0.05) is 6.07 Å². The van der Waals surface area contributed by atoms with Crippen molar-refractivity contribution in [3.05, 3.63) is 59.9 Å². The molecule has 0 unspecified atom stereocenters. The van der Waals surface area contributed by atoms with E-state index in [1.54, 1.807) is 31.4 Å². The Kier molecular flexibility index (Phi) is 6.40. The molecule has 0 saturated carbocycles. The molecule has 0 aliphatic heterocycles. The second-order valence-electron chi connectivity index (χ2n) is 6.11. The highest BCUT2D eigenvalue weighted by Gasteiger charge is 2.30. The second kappa shape index (κ2) is 8.99. The molecule has 0 saturated heterocycles. The third-order valence-corrected chi connectivity index (χ3v) is 4.22. The molecule has 3 rings (SSSR count). The van der Waals surface area contributed by atoms with Crippen molar-refractivity contribution >= 4 is 29.0 Å². The van der Waals surface area contributed by atoms with Gasteiger partial charge in [-0.3, -0.25) is 5.32 Å². The van der Waals surface area contributed by atoms with Crippen LogP contribution in [0.3, 0.4) is 0 Å². The predicted molar refractivity (Wildman–Crippen MR) is 110 cm³/mol. The van der Waals surface area contributed by atoms with Gasteiger partial charge in [-0.2, -0.15) is 13.2 Å². The molecule has 3 aromatic rings. The van der Waals surface area contributed by atoms with Gasteiger partial charge in [-0.1, -0.05) is 12.1 Å². The van der Waals surface area contributed by atoms with E-state index in [0.717, 1.165) is 12.1 Å². The van der Waals surface area contributed by atoms with Crippen molar-refractivity contribution in [2.75, 3.05) is 24.9 Å². The molecule has 1 aromatic heterocycles. The molecule has 0 aliphatic rings. The van der Waals surface area contributed by atoms with Crippen molar-refractivity contribution in [2.24, 2.45) is 0 Å². The molecule has 30 heavy (non-hydrogen) atoms. The molecule has 0 bridgehead atoms. The van der Waals surface area contributed by atoms with Gasteiger partial charge in [-0.15, -0.1) is 5.10 Å². The highest BCUT2D eigenvalue weighted by molar-refractivity contribution is 7.80. The fourth-order valence-electron chi connectivity index (χ4n) is 2.63. The van der Waals surface area contributed by atoms with Gasteiger partial charge in [-0.25, -0.2) is 9.67 Å². The molecule has 7 nitrogen and oxygen atoms in total. The third-order valence-electron chi connectivity index (χ3n) is 4.02. The van der Waals surface area contributed by atoms with Crippen molar-refractivity contribution in [3.63, 3.8) is 0 Å². The van der Waals surface area contributed by atoms with Gasteiger partial charge < -0.3 is 14.8 Å². The molecule has 0 radical (unpaired) electrons. The topological polar surface area (TPSA) is 73.2 Å². The number of nitrogens with one attached hydrogen (secondary N) is 2. The number of hydrogen-bond acceptors (Lipinski definition) is 5. The first-order valence-corrected chi connectivity index (χ1v) is 9.05. The molecule has 158 valence electrons. The molecule has 1 heterocycles. The molecule has 11 heteroatoms. The van der Waals surface area contributed by atoms with Gasteiger partial charge in [-0.05, 0) is 42.0 Å². The first-order chi connectivity index (χ1) is 14.3. The Morgan fingerprint density at radius 3 is 2.60 bits per heavy atom. The Morgan fingerprint density at radius 2 is 1.90 bits per heavy atom. The number of aromatic nitrogens is 3. The Bertz CT molecular complexity index is 1040. The van der Waals surface area contributed by atoms with Gasteiger partial charge in [0.1, 0.15) is 17.8 Å². The molecular formula is C19H18F3N5O2S. The van der Waals surface area contributed by atoms with Gasteiger partial charge in [0.05, 0.1) is 32.0 Å². The van der Waals surface area contributed by atoms with Crippen LogP contribution in [-0.2, 0) is 12.7 Å². The average molecular weight is 437 g/mol. The highest BCUT2D eigenvalue weighted by atomic mass is 32.1. The number of rotatable bonds is 6. The summed E-state index contributed by atoms with van der Waals surface area (Å²) < 4.78 is 50.4. The largest absolute Gasteiger partial charge is 0.497 e. The monoisotopic (exact) mass is 437 g/mol. The average Bonchev–Trinajstić information content (AvgIpc) is 3.13. The van der Waals surface area contributed by atoms with E-state index < -0.39 is 11.7 Å². The van der Waals surface area contributed by atoms with Crippen molar-refractivity contribution < 1.29 is 22.6 Å². The molecular weight excluding hydrogens is 419 g/mol. The fourth-order valence-corrected chi connectivity index (χ4v) is 2.83. The van der Waals surface area contributed by atoms with Crippen molar-refractivity contribution in [1.29, 1.82) is 0 Å². The minimum absolute atomic E-state index is 0.127. The number of nitrogens with zero attached hydrogens (tertiary/aromatic N) is 3. The summed E-state index contributed by atoms with van der Waals surface area (Å²) in [4.78, 5) is 4.08. The van der Waals surface area contributed by atoms with Crippen molar-refractivity contribution in [1.82, 2.24) is 14.8 Å². The zero-order chi connectivity index (χ0) is 21.7. The van der Waals surface area contributed by atoms with Crippen LogP contribution in [0.1, 0.15) is 11.1 Å².